The van der Waals surface area contributed by atoms with Gasteiger partial charge in [0.25, 0.3) is 11.8 Å². The number of likely N-dealkylation sites (tertiary alicyclic amines) is 1. The molecule has 4 heterocycles. The van der Waals surface area contributed by atoms with Gasteiger partial charge in [-0.15, -0.1) is 0 Å². The Kier molecular flexibility index (Phi) is 7.64. The number of benzene rings is 2. The van der Waals surface area contributed by atoms with Crippen LogP contribution in [0, 0.1) is 0 Å². The van der Waals surface area contributed by atoms with Crippen molar-refractivity contribution in [3.63, 3.8) is 0 Å². The lowest BCUT2D eigenvalue weighted by molar-refractivity contribution is -0.123. The van der Waals surface area contributed by atoms with Crippen LogP contribution in [-0.2, 0) is 22.7 Å². The van der Waals surface area contributed by atoms with Crippen molar-refractivity contribution in [3.05, 3.63) is 90.0 Å². The molecule has 1 saturated heterocycles. The number of amides is 2. The second-order valence-corrected chi connectivity index (χ2v) is 10.1. The predicted octanol–water partition coefficient (Wildman–Crippen LogP) is 3.77. The summed E-state index contributed by atoms with van der Waals surface area (Å²) in [6.45, 7) is 1.64. The summed E-state index contributed by atoms with van der Waals surface area (Å²) in [4.78, 5) is 37.2. The monoisotopic (exact) mass is 553 g/mol. The molecule has 41 heavy (non-hydrogen) atoms. The van der Waals surface area contributed by atoms with Crippen LogP contribution in [0.3, 0.4) is 0 Å². The summed E-state index contributed by atoms with van der Waals surface area (Å²) in [5.74, 6) is 1.28. The molecule has 4 bridgehead atoms. The number of aromatic nitrogens is 3. The summed E-state index contributed by atoms with van der Waals surface area (Å²) in [6.07, 6.45) is 7.00. The minimum Gasteiger partial charge on any atom is -0.493 e. The molecule has 1 N–H and O–H groups in total. The topological polar surface area (TPSA) is 108 Å². The van der Waals surface area contributed by atoms with Crippen molar-refractivity contribution in [2.45, 2.75) is 32.1 Å². The molecule has 0 saturated carbocycles. The van der Waals surface area contributed by atoms with E-state index in [9.17, 15) is 9.59 Å². The van der Waals surface area contributed by atoms with E-state index in [0.717, 1.165) is 35.3 Å². The quantitative estimate of drug-likeness (QED) is 0.401. The number of imidazole rings is 1. The molecule has 4 aromatic rings. The number of nitrogens with one attached hydrogen (secondary N) is 1. The summed E-state index contributed by atoms with van der Waals surface area (Å²) in [7, 11) is 1.55. The first kappa shape index (κ1) is 26.5. The molecule has 10 heteroatoms. The minimum absolute atomic E-state index is 0.0669. The first-order valence-electron chi connectivity index (χ1n) is 13.6. The molecule has 0 radical (unpaired) electrons. The number of ether oxygens (including phenoxy) is 3. The molecule has 1 atom stereocenters. The van der Waals surface area contributed by atoms with E-state index in [-0.39, 0.29) is 31.1 Å². The number of carbonyl (C=O) groups excluding carboxylic acids is 2. The van der Waals surface area contributed by atoms with Crippen LogP contribution in [0.4, 0.5) is 0 Å². The van der Waals surface area contributed by atoms with Gasteiger partial charge in [0.05, 0.1) is 25.5 Å². The van der Waals surface area contributed by atoms with Crippen LogP contribution in [0.25, 0.3) is 17.1 Å². The average molecular weight is 554 g/mol. The summed E-state index contributed by atoms with van der Waals surface area (Å²) < 4.78 is 19.3. The molecule has 0 spiro atoms. The molecule has 10 nitrogen and oxygen atoms in total. The van der Waals surface area contributed by atoms with Gasteiger partial charge < -0.3 is 24.4 Å². The third-order valence-corrected chi connectivity index (χ3v) is 7.27. The zero-order valence-electron chi connectivity index (χ0n) is 22.8. The molecule has 2 aliphatic heterocycles. The predicted molar refractivity (Wildman–Crippen MR) is 151 cm³/mol. The highest BCUT2D eigenvalue weighted by atomic mass is 16.5. The zero-order valence-corrected chi connectivity index (χ0v) is 22.8. The fraction of sp³-hybridized carbons (Fsp3) is 0.290. The second-order valence-electron chi connectivity index (χ2n) is 10.1. The van der Waals surface area contributed by atoms with E-state index >= 15 is 0 Å². The van der Waals surface area contributed by atoms with E-state index in [1.54, 1.807) is 31.6 Å². The molecule has 1 fully saturated rings. The van der Waals surface area contributed by atoms with E-state index in [2.05, 4.69) is 15.3 Å². The molecule has 2 aliphatic rings. The van der Waals surface area contributed by atoms with Gasteiger partial charge in [0, 0.05) is 55.0 Å². The van der Waals surface area contributed by atoms with Crippen molar-refractivity contribution in [2.24, 2.45) is 0 Å². The Bertz CT molecular complexity index is 1550. The maximum absolute atomic E-state index is 13.8. The third kappa shape index (κ3) is 5.92. The van der Waals surface area contributed by atoms with Crippen molar-refractivity contribution >= 4 is 11.8 Å². The molecular weight excluding hydrogens is 522 g/mol. The number of fused-ring (bicyclic) bond motifs is 7. The lowest BCUT2D eigenvalue weighted by atomic mass is 10.0. The number of hydrogen-bond donors (Lipinski definition) is 1. The maximum Gasteiger partial charge on any atom is 0.258 e. The van der Waals surface area contributed by atoms with Crippen molar-refractivity contribution < 1.29 is 23.8 Å². The molecule has 210 valence electrons. The van der Waals surface area contributed by atoms with Crippen LogP contribution in [0.1, 0.15) is 34.5 Å². The van der Waals surface area contributed by atoms with Gasteiger partial charge in [-0.25, -0.2) is 4.98 Å². The summed E-state index contributed by atoms with van der Waals surface area (Å²) in [6, 6.07) is 16.9. The summed E-state index contributed by atoms with van der Waals surface area (Å²) >= 11 is 0. The number of carbonyl (C=O) groups is 2. The fourth-order valence-corrected chi connectivity index (χ4v) is 5.22. The van der Waals surface area contributed by atoms with Crippen molar-refractivity contribution in [1.82, 2.24) is 24.8 Å². The lowest BCUT2D eigenvalue weighted by Crippen LogP contribution is -2.43. The number of hydrogen-bond acceptors (Lipinski definition) is 7. The van der Waals surface area contributed by atoms with Gasteiger partial charge in [0.1, 0.15) is 5.82 Å². The van der Waals surface area contributed by atoms with Crippen LogP contribution >= 0.6 is 0 Å². The van der Waals surface area contributed by atoms with Gasteiger partial charge in [-0.3, -0.25) is 19.1 Å². The van der Waals surface area contributed by atoms with Crippen LogP contribution in [0.15, 0.2) is 73.2 Å². The molecular formula is C31H31N5O5. The Morgan fingerprint density at radius 1 is 1.12 bits per heavy atom. The van der Waals surface area contributed by atoms with Crippen molar-refractivity contribution in [2.75, 3.05) is 26.8 Å². The number of nitrogens with zero attached hydrogens (tertiary/aromatic N) is 4. The Labute approximate surface area is 237 Å². The number of pyridine rings is 1. The first-order chi connectivity index (χ1) is 20.1. The molecule has 2 aromatic carbocycles. The average Bonchev–Trinajstić information content (AvgIpc) is 3.52. The number of methoxy groups -OCH3 is 1. The van der Waals surface area contributed by atoms with Crippen LogP contribution < -0.4 is 14.8 Å². The van der Waals surface area contributed by atoms with E-state index in [4.69, 9.17) is 14.2 Å². The van der Waals surface area contributed by atoms with Gasteiger partial charge >= 0.3 is 0 Å². The highest BCUT2D eigenvalue weighted by Gasteiger charge is 2.26. The number of piperidine rings is 1. The highest BCUT2D eigenvalue weighted by Crippen LogP contribution is 2.33. The van der Waals surface area contributed by atoms with E-state index < -0.39 is 0 Å². The molecule has 6 rings (SSSR count). The molecule has 2 amide bonds. The largest absolute Gasteiger partial charge is 0.493 e. The Morgan fingerprint density at radius 3 is 2.90 bits per heavy atom. The van der Waals surface area contributed by atoms with Gasteiger partial charge in [-0.05, 0) is 66.9 Å². The van der Waals surface area contributed by atoms with Crippen LogP contribution in [0.2, 0.25) is 0 Å². The standard InChI is InChI=1S/C31H31N5O5/c1-39-27-8-7-22-16-28(27)41-20-29(37)34-17-21-13-23(15-25(14-21)36-12-10-33-30(22)36)31(38)35-11-4-6-26(18-35)40-19-24-5-2-3-9-32-24/h2-3,5,7-10,12-16,26H,4,6,11,17-20H2,1H3,(H,34,37). The Balaban J connectivity index is 1.30. The van der Waals surface area contributed by atoms with Gasteiger partial charge in [0.15, 0.2) is 18.1 Å². The lowest BCUT2D eigenvalue weighted by Gasteiger charge is -2.33. The SMILES string of the molecule is COc1ccc2cc1OCC(=O)NCc1cc(C(=O)N3CCCC(OCc4ccccn4)C3)cc(c1)-n1ccnc1-2. The highest BCUT2D eigenvalue weighted by molar-refractivity contribution is 5.95. The van der Waals surface area contributed by atoms with E-state index in [1.165, 1.54) is 0 Å². The fourth-order valence-electron chi connectivity index (χ4n) is 5.22. The number of rotatable bonds is 5. The summed E-state index contributed by atoms with van der Waals surface area (Å²) in [5, 5.41) is 2.90. The Hall–Kier alpha value is -4.70. The van der Waals surface area contributed by atoms with Crippen molar-refractivity contribution in [1.29, 1.82) is 0 Å². The normalized spacial score (nSPS) is 16.8. The summed E-state index contributed by atoms with van der Waals surface area (Å²) in [5.41, 5.74) is 3.75. The van der Waals surface area contributed by atoms with Crippen LogP contribution in [0.5, 0.6) is 11.5 Å². The van der Waals surface area contributed by atoms with Crippen molar-refractivity contribution in [3.8, 4) is 28.6 Å². The minimum atomic E-state index is -0.281. The van der Waals surface area contributed by atoms with E-state index in [1.807, 2.05) is 58.1 Å². The zero-order chi connectivity index (χ0) is 28.2. The third-order valence-electron chi connectivity index (χ3n) is 7.27. The second kappa shape index (κ2) is 11.8. The van der Waals surface area contributed by atoms with Gasteiger partial charge in [-0.1, -0.05) is 6.07 Å². The molecule has 0 aliphatic carbocycles. The molecule has 2 aromatic heterocycles. The van der Waals surface area contributed by atoms with Gasteiger partial charge in [-0.2, -0.15) is 0 Å². The maximum atomic E-state index is 13.8. The first-order valence-corrected chi connectivity index (χ1v) is 13.6. The van der Waals surface area contributed by atoms with E-state index in [0.29, 0.717) is 42.6 Å². The molecule has 1 unspecified atom stereocenters. The Morgan fingerprint density at radius 2 is 2.05 bits per heavy atom. The van der Waals surface area contributed by atoms with Crippen LogP contribution in [-0.4, -0.2) is 64.2 Å². The smallest absolute Gasteiger partial charge is 0.258 e. The van der Waals surface area contributed by atoms with Gasteiger partial charge in [0.2, 0.25) is 0 Å².